The van der Waals surface area contributed by atoms with Gasteiger partial charge in [-0.15, -0.1) is 0 Å². The summed E-state index contributed by atoms with van der Waals surface area (Å²) < 4.78 is 0. The van der Waals surface area contributed by atoms with Crippen LogP contribution in [0.1, 0.15) is 0 Å². The molecule has 0 spiro atoms. The molecular weight excluding hydrogens is 206 g/mol. The van der Waals surface area contributed by atoms with Gasteiger partial charge in [-0.05, 0) is 6.07 Å². The van der Waals surface area contributed by atoms with Crippen LogP contribution in [-0.2, 0) is 0 Å². The third kappa shape index (κ3) is 2.34. The van der Waals surface area contributed by atoms with Gasteiger partial charge in [0, 0.05) is 12.1 Å². The van der Waals surface area contributed by atoms with Crippen molar-refractivity contribution in [1.82, 2.24) is 0 Å². The van der Waals surface area contributed by atoms with Crippen LogP contribution in [0.15, 0.2) is 18.2 Å². The molecule has 0 bridgehead atoms. The number of anilines is 1. The number of benzene rings is 1. The van der Waals surface area contributed by atoms with Gasteiger partial charge in [-0.25, -0.2) is 0 Å². The third-order valence-corrected chi connectivity index (χ3v) is 1.85. The normalized spacial score (nSPS) is 9.14. The van der Waals surface area contributed by atoms with Gasteiger partial charge in [0.15, 0.2) is 0 Å². The zero-order valence-electron chi connectivity index (χ0n) is 7.03. The molecule has 0 aliphatic heterocycles. The van der Waals surface area contributed by atoms with Crippen LogP contribution in [0.5, 0.6) is 0 Å². The molecule has 0 aliphatic rings. The Kier molecular flexibility index (Phi) is 3.26. The van der Waals surface area contributed by atoms with E-state index in [1.807, 2.05) is 6.07 Å². The molecule has 1 aromatic rings. The van der Waals surface area contributed by atoms with E-state index in [4.69, 9.17) is 16.9 Å². The number of nitriles is 1. The number of hydrogen-bond acceptors (Lipinski definition) is 4. The maximum atomic E-state index is 10.4. The second-order valence-electron chi connectivity index (χ2n) is 2.43. The number of hydrogen-bond donors (Lipinski definition) is 1. The topological polar surface area (TPSA) is 79.0 Å². The minimum atomic E-state index is -0.520. The molecule has 1 rings (SSSR count). The Hall–Kier alpha value is -1.80. The molecule has 0 aromatic heterocycles. The highest BCUT2D eigenvalue weighted by Gasteiger charge is 2.08. The second-order valence-corrected chi connectivity index (χ2v) is 2.84. The average Bonchev–Trinajstić information content (AvgIpc) is 2.16. The summed E-state index contributed by atoms with van der Waals surface area (Å²) in [5.74, 6) is 0. The fraction of sp³-hybridized carbons (Fsp3) is 0.125. The summed E-state index contributed by atoms with van der Waals surface area (Å²) in [5, 5.41) is 21.7. The molecule has 0 amide bonds. The van der Waals surface area contributed by atoms with E-state index in [9.17, 15) is 10.1 Å². The zero-order chi connectivity index (χ0) is 10.6. The average molecular weight is 212 g/mol. The van der Waals surface area contributed by atoms with Crippen molar-refractivity contribution in [2.45, 2.75) is 0 Å². The van der Waals surface area contributed by atoms with Crippen LogP contribution in [0.25, 0.3) is 0 Å². The monoisotopic (exact) mass is 211 g/mol. The molecule has 0 saturated carbocycles. The lowest BCUT2D eigenvalue weighted by Gasteiger charge is -2.03. The minimum Gasteiger partial charge on any atom is -0.371 e. The molecule has 0 aliphatic carbocycles. The first kappa shape index (κ1) is 10.3. The van der Waals surface area contributed by atoms with Crippen molar-refractivity contribution in [1.29, 1.82) is 5.26 Å². The van der Waals surface area contributed by atoms with Gasteiger partial charge in [-0.2, -0.15) is 5.26 Å². The molecule has 0 unspecified atom stereocenters. The molecule has 0 saturated heterocycles. The number of nitrogens with zero attached hydrogens (tertiary/aromatic N) is 2. The quantitative estimate of drug-likeness (QED) is 0.472. The van der Waals surface area contributed by atoms with Gasteiger partial charge in [0.25, 0.3) is 5.69 Å². The highest BCUT2D eigenvalue weighted by atomic mass is 35.5. The van der Waals surface area contributed by atoms with E-state index in [2.05, 4.69) is 5.32 Å². The smallest absolute Gasteiger partial charge is 0.271 e. The minimum absolute atomic E-state index is 0.0564. The van der Waals surface area contributed by atoms with Gasteiger partial charge in [0.1, 0.15) is 6.54 Å². The van der Waals surface area contributed by atoms with Crippen molar-refractivity contribution in [3.63, 3.8) is 0 Å². The van der Waals surface area contributed by atoms with Crippen LogP contribution < -0.4 is 5.32 Å². The number of nitro benzene ring substituents is 1. The van der Waals surface area contributed by atoms with Crippen molar-refractivity contribution < 1.29 is 4.92 Å². The summed E-state index contributed by atoms with van der Waals surface area (Å²) >= 11 is 5.74. The highest BCUT2D eigenvalue weighted by molar-refractivity contribution is 6.33. The Bertz CT molecular complexity index is 400. The van der Waals surface area contributed by atoms with Crippen molar-refractivity contribution in [3.05, 3.63) is 33.3 Å². The lowest BCUT2D eigenvalue weighted by atomic mass is 10.3. The van der Waals surface area contributed by atoms with Gasteiger partial charge in [-0.3, -0.25) is 10.1 Å². The SMILES string of the molecule is N#CCNc1cc([N+](=O)[O-])ccc1Cl. The first-order valence-electron chi connectivity index (χ1n) is 3.70. The van der Waals surface area contributed by atoms with Crippen LogP contribution in [0.2, 0.25) is 5.02 Å². The molecule has 1 aromatic carbocycles. The molecule has 0 heterocycles. The number of rotatable bonds is 3. The van der Waals surface area contributed by atoms with Crippen LogP contribution in [0, 0.1) is 21.4 Å². The fourth-order valence-corrected chi connectivity index (χ4v) is 1.08. The Labute approximate surface area is 85.1 Å². The molecule has 14 heavy (non-hydrogen) atoms. The largest absolute Gasteiger partial charge is 0.371 e. The van der Waals surface area contributed by atoms with Crippen molar-refractivity contribution in [2.24, 2.45) is 0 Å². The summed E-state index contributed by atoms with van der Waals surface area (Å²) in [6.07, 6.45) is 0. The predicted octanol–water partition coefficient (Wildman–Crippen LogP) is 2.18. The Balaban J connectivity index is 2.97. The maximum Gasteiger partial charge on any atom is 0.271 e. The molecule has 0 atom stereocenters. The standard InChI is InChI=1S/C8H6ClN3O2/c9-7-2-1-6(12(13)14)5-8(7)11-4-3-10/h1-2,5,11H,4H2. The molecule has 0 radical (unpaired) electrons. The molecule has 1 N–H and O–H groups in total. The van der Waals surface area contributed by atoms with Crippen LogP contribution in [-0.4, -0.2) is 11.5 Å². The predicted molar refractivity (Wildman–Crippen MR) is 52.2 cm³/mol. The summed E-state index contributed by atoms with van der Waals surface area (Å²) in [4.78, 5) is 9.89. The Morgan fingerprint density at radius 1 is 1.64 bits per heavy atom. The second kappa shape index (κ2) is 4.44. The summed E-state index contributed by atoms with van der Waals surface area (Å²) in [5.41, 5.74) is 0.331. The number of nitrogens with one attached hydrogen (secondary N) is 1. The molecule has 6 heteroatoms. The Morgan fingerprint density at radius 2 is 2.36 bits per heavy atom. The van der Waals surface area contributed by atoms with Crippen LogP contribution in [0.4, 0.5) is 11.4 Å². The van der Waals surface area contributed by atoms with Crippen LogP contribution in [0.3, 0.4) is 0 Å². The molecule has 5 nitrogen and oxygen atoms in total. The lowest BCUT2D eigenvalue weighted by molar-refractivity contribution is -0.384. The first-order valence-corrected chi connectivity index (χ1v) is 4.07. The highest BCUT2D eigenvalue weighted by Crippen LogP contribution is 2.26. The Morgan fingerprint density at radius 3 is 2.93 bits per heavy atom. The third-order valence-electron chi connectivity index (χ3n) is 1.52. The van der Waals surface area contributed by atoms with Gasteiger partial charge in [-0.1, -0.05) is 11.6 Å². The van der Waals surface area contributed by atoms with Gasteiger partial charge in [0.05, 0.1) is 21.7 Å². The number of nitro groups is 1. The van der Waals surface area contributed by atoms with E-state index in [0.717, 1.165) is 0 Å². The van der Waals surface area contributed by atoms with Crippen molar-refractivity contribution >= 4 is 23.0 Å². The van der Waals surface area contributed by atoms with Gasteiger partial charge in [0.2, 0.25) is 0 Å². The molecule has 72 valence electrons. The van der Waals surface area contributed by atoms with E-state index >= 15 is 0 Å². The van der Waals surface area contributed by atoms with Gasteiger partial charge < -0.3 is 5.32 Å². The molecule has 0 fully saturated rings. The van der Waals surface area contributed by atoms with E-state index < -0.39 is 4.92 Å². The summed E-state index contributed by atoms with van der Waals surface area (Å²) in [7, 11) is 0. The summed E-state index contributed by atoms with van der Waals surface area (Å²) in [6, 6.07) is 5.87. The number of non-ortho nitro benzene ring substituents is 1. The fourth-order valence-electron chi connectivity index (χ4n) is 0.897. The zero-order valence-corrected chi connectivity index (χ0v) is 7.78. The van der Waals surface area contributed by atoms with E-state index in [1.165, 1.54) is 18.2 Å². The summed E-state index contributed by atoms with van der Waals surface area (Å²) in [6.45, 7) is 0.0564. The maximum absolute atomic E-state index is 10.4. The van der Waals surface area contributed by atoms with Gasteiger partial charge >= 0.3 is 0 Å². The van der Waals surface area contributed by atoms with Crippen LogP contribution >= 0.6 is 11.6 Å². The number of halogens is 1. The van der Waals surface area contributed by atoms with E-state index in [-0.39, 0.29) is 12.2 Å². The first-order chi connectivity index (χ1) is 6.65. The van der Waals surface area contributed by atoms with Crippen molar-refractivity contribution in [2.75, 3.05) is 11.9 Å². The van der Waals surface area contributed by atoms with E-state index in [1.54, 1.807) is 0 Å². The molecular formula is C8H6ClN3O2. The van der Waals surface area contributed by atoms with Crippen molar-refractivity contribution in [3.8, 4) is 6.07 Å². The lowest BCUT2D eigenvalue weighted by Crippen LogP contribution is -1.99. The van der Waals surface area contributed by atoms with E-state index in [0.29, 0.717) is 10.7 Å².